The predicted molar refractivity (Wildman–Crippen MR) is 113 cm³/mol. The SMILES string of the molecule is CC(=O)Nc1cc2c(cn1)C1(CC1)CN2c1cc(O/C(=C/N)N(C)N)nc(C(C)(F)F)n1. The molecule has 2 aliphatic rings. The maximum absolute atomic E-state index is 14.2. The number of rotatable bonds is 6. The van der Waals surface area contributed by atoms with Crippen molar-refractivity contribution in [3.63, 3.8) is 0 Å². The summed E-state index contributed by atoms with van der Waals surface area (Å²) in [5, 5.41) is 3.75. The van der Waals surface area contributed by atoms with Gasteiger partial charge in [0.2, 0.25) is 23.5 Å². The number of nitrogens with one attached hydrogen (secondary N) is 1. The molecule has 1 fully saturated rings. The minimum Gasteiger partial charge on any atom is -0.420 e. The predicted octanol–water partition coefficient (Wildman–Crippen LogP) is 2.07. The highest BCUT2D eigenvalue weighted by molar-refractivity contribution is 5.89. The Balaban J connectivity index is 1.80. The molecule has 1 aliphatic heterocycles. The number of nitrogens with two attached hydrogens (primary N) is 2. The van der Waals surface area contributed by atoms with Crippen molar-refractivity contribution in [3.8, 4) is 5.88 Å². The summed E-state index contributed by atoms with van der Waals surface area (Å²) in [4.78, 5) is 25.6. The second-order valence-corrected chi connectivity index (χ2v) is 8.13. The van der Waals surface area contributed by atoms with Crippen LogP contribution in [0.2, 0.25) is 0 Å². The van der Waals surface area contributed by atoms with Gasteiger partial charge in [-0.05, 0) is 12.8 Å². The average molecular weight is 446 g/mol. The first-order chi connectivity index (χ1) is 15.0. The molecule has 1 saturated carbocycles. The zero-order valence-electron chi connectivity index (χ0n) is 17.9. The number of carbonyl (C=O) groups is 1. The Labute approximate surface area is 183 Å². The second-order valence-electron chi connectivity index (χ2n) is 8.13. The third-order valence-corrected chi connectivity index (χ3v) is 5.42. The number of ether oxygens (including phenoxy) is 1. The summed E-state index contributed by atoms with van der Waals surface area (Å²) < 4.78 is 34.0. The molecule has 170 valence electrons. The molecule has 0 bridgehead atoms. The van der Waals surface area contributed by atoms with Crippen molar-refractivity contribution in [2.24, 2.45) is 11.6 Å². The van der Waals surface area contributed by atoms with Gasteiger partial charge in [-0.3, -0.25) is 9.80 Å². The summed E-state index contributed by atoms with van der Waals surface area (Å²) in [7, 11) is 1.49. The van der Waals surface area contributed by atoms with Crippen LogP contribution in [0.15, 0.2) is 30.4 Å². The van der Waals surface area contributed by atoms with Gasteiger partial charge < -0.3 is 20.7 Å². The van der Waals surface area contributed by atoms with Crippen molar-refractivity contribution in [1.29, 1.82) is 0 Å². The van der Waals surface area contributed by atoms with E-state index in [1.165, 1.54) is 20.0 Å². The van der Waals surface area contributed by atoms with Gasteiger partial charge in [-0.2, -0.15) is 13.8 Å². The fourth-order valence-corrected chi connectivity index (χ4v) is 3.71. The number of halogens is 2. The largest absolute Gasteiger partial charge is 0.420 e. The van der Waals surface area contributed by atoms with E-state index in [0.717, 1.165) is 35.3 Å². The smallest absolute Gasteiger partial charge is 0.304 e. The topological polar surface area (TPSA) is 136 Å². The Morgan fingerprint density at radius 2 is 2.09 bits per heavy atom. The average Bonchev–Trinajstić information content (AvgIpc) is 3.41. The molecule has 1 aliphatic carbocycles. The maximum atomic E-state index is 14.2. The molecule has 12 heteroatoms. The van der Waals surface area contributed by atoms with Gasteiger partial charge in [-0.25, -0.2) is 15.8 Å². The molecular formula is C20H24F2N8O2. The van der Waals surface area contributed by atoms with Crippen LogP contribution >= 0.6 is 0 Å². The number of amides is 1. The molecule has 5 N–H and O–H groups in total. The molecule has 0 saturated heterocycles. The van der Waals surface area contributed by atoms with Crippen molar-refractivity contribution >= 4 is 23.2 Å². The van der Waals surface area contributed by atoms with Gasteiger partial charge in [0.05, 0.1) is 11.9 Å². The van der Waals surface area contributed by atoms with E-state index in [1.54, 1.807) is 12.3 Å². The van der Waals surface area contributed by atoms with Crippen LogP contribution in [0.1, 0.15) is 38.1 Å². The summed E-state index contributed by atoms with van der Waals surface area (Å²) in [5.41, 5.74) is 7.13. The molecule has 0 unspecified atom stereocenters. The molecule has 2 aromatic heterocycles. The Morgan fingerprint density at radius 1 is 1.38 bits per heavy atom. The zero-order chi connectivity index (χ0) is 23.3. The van der Waals surface area contributed by atoms with Gasteiger partial charge in [0.1, 0.15) is 11.6 Å². The quantitative estimate of drug-likeness (QED) is 0.346. The molecule has 0 radical (unpaired) electrons. The molecule has 0 atom stereocenters. The molecule has 10 nitrogen and oxygen atoms in total. The molecule has 4 rings (SSSR count). The lowest BCUT2D eigenvalue weighted by Gasteiger charge is -2.22. The molecule has 2 aromatic rings. The second kappa shape index (κ2) is 7.55. The minimum atomic E-state index is -3.31. The summed E-state index contributed by atoms with van der Waals surface area (Å²) in [5.74, 6) is 1.88. The number of anilines is 3. The fourth-order valence-electron chi connectivity index (χ4n) is 3.71. The normalized spacial score (nSPS) is 16.7. The summed E-state index contributed by atoms with van der Waals surface area (Å²) in [6.07, 6.45) is 4.71. The highest BCUT2D eigenvalue weighted by atomic mass is 19.3. The first kappa shape index (κ1) is 21.7. The lowest BCUT2D eigenvalue weighted by molar-refractivity contribution is -0.114. The summed E-state index contributed by atoms with van der Waals surface area (Å²) in [6.45, 7) is 2.63. The van der Waals surface area contributed by atoms with E-state index in [-0.39, 0.29) is 28.9 Å². The number of nitrogens with zero attached hydrogens (tertiary/aromatic N) is 5. The van der Waals surface area contributed by atoms with Crippen LogP contribution in [0.4, 0.5) is 26.1 Å². The highest BCUT2D eigenvalue weighted by Crippen LogP contribution is 2.58. The van der Waals surface area contributed by atoms with E-state index in [4.69, 9.17) is 16.3 Å². The van der Waals surface area contributed by atoms with E-state index < -0.39 is 11.7 Å². The molecule has 0 aromatic carbocycles. The Morgan fingerprint density at radius 3 is 2.66 bits per heavy atom. The van der Waals surface area contributed by atoms with Gasteiger partial charge in [0, 0.05) is 56.7 Å². The number of hydrogen-bond donors (Lipinski definition) is 3. The first-order valence-corrected chi connectivity index (χ1v) is 9.94. The van der Waals surface area contributed by atoms with E-state index in [1.807, 2.05) is 4.90 Å². The number of hydrogen-bond acceptors (Lipinski definition) is 9. The number of aromatic nitrogens is 3. The maximum Gasteiger partial charge on any atom is 0.304 e. The highest BCUT2D eigenvalue weighted by Gasteiger charge is 2.53. The molecule has 32 heavy (non-hydrogen) atoms. The molecule has 1 amide bonds. The van der Waals surface area contributed by atoms with Crippen LogP contribution < -0.4 is 26.5 Å². The number of carbonyl (C=O) groups excluding carboxylic acids is 1. The molecule has 3 heterocycles. The van der Waals surface area contributed by atoms with Gasteiger partial charge in [-0.15, -0.1) is 0 Å². The van der Waals surface area contributed by atoms with Crippen LogP contribution in [0.3, 0.4) is 0 Å². The van der Waals surface area contributed by atoms with Gasteiger partial charge >= 0.3 is 5.92 Å². The number of alkyl halides is 2. The van der Waals surface area contributed by atoms with Crippen LogP contribution in [0.25, 0.3) is 0 Å². The summed E-state index contributed by atoms with van der Waals surface area (Å²) in [6, 6.07) is 3.17. The van der Waals surface area contributed by atoms with Gasteiger partial charge in [0.15, 0.2) is 0 Å². The van der Waals surface area contributed by atoms with Crippen LogP contribution in [0.5, 0.6) is 5.88 Å². The number of pyridine rings is 1. The Kier molecular flexibility index (Phi) is 5.12. The Hall–Kier alpha value is -3.54. The lowest BCUT2D eigenvalue weighted by atomic mass is 10.0. The number of fused-ring (bicyclic) bond motifs is 2. The fraction of sp³-hybridized carbons (Fsp3) is 0.400. The monoisotopic (exact) mass is 446 g/mol. The van der Waals surface area contributed by atoms with Crippen molar-refractivity contribution in [2.45, 2.75) is 38.0 Å². The lowest BCUT2D eigenvalue weighted by Crippen LogP contribution is -2.29. The van der Waals surface area contributed by atoms with Gasteiger partial charge in [0.25, 0.3) is 0 Å². The minimum absolute atomic E-state index is 0.0256. The van der Waals surface area contributed by atoms with Crippen LogP contribution in [-0.2, 0) is 16.1 Å². The van der Waals surface area contributed by atoms with E-state index in [2.05, 4.69) is 20.3 Å². The zero-order valence-corrected chi connectivity index (χ0v) is 17.9. The van der Waals surface area contributed by atoms with Crippen LogP contribution in [-0.4, -0.2) is 39.5 Å². The van der Waals surface area contributed by atoms with Crippen molar-refractivity contribution in [2.75, 3.05) is 23.8 Å². The molecule has 1 spiro atoms. The summed E-state index contributed by atoms with van der Waals surface area (Å²) >= 11 is 0. The molecular weight excluding hydrogens is 422 g/mol. The van der Waals surface area contributed by atoms with Gasteiger partial charge in [-0.1, -0.05) is 0 Å². The van der Waals surface area contributed by atoms with E-state index in [0.29, 0.717) is 19.3 Å². The van der Waals surface area contributed by atoms with Crippen LogP contribution in [0, 0.1) is 0 Å². The number of hydrazine groups is 1. The van der Waals surface area contributed by atoms with E-state index >= 15 is 0 Å². The van der Waals surface area contributed by atoms with Crippen molar-refractivity contribution in [3.05, 3.63) is 41.8 Å². The van der Waals surface area contributed by atoms with Crippen molar-refractivity contribution in [1.82, 2.24) is 20.0 Å². The standard InChI is InChI=1S/C20H24F2N8O2/c1-11(31)26-14-6-13-12(9-25-14)20(4-5-20)10-30(13)15-7-16(32-17(8-23)29(3)24)28-18(27-15)19(2,21)22/h6-9H,4-5,10,23-24H2,1-3H3,(H,25,26,31)/b17-8+. The first-order valence-electron chi connectivity index (χ1n) is 9.94. The third kappa shape index (κ3) is 4.00. The van der Waals surface area contributed by atoms with Crippen molar-refractivity contribution < 1.29 is 18.3 Å². The third-order valence-electron chi connectivity index (χ3n) is 5.42. The van der Waals surface area contributed by atoms with E-state index in [9.17, 15) is 13.6 Å². The Bertz CT molecular complexity index is 1100.